The molecule has 0 aromatic heterocycles. The van der Waals surface area contributed by atoms with Gasteiger partial charge >= 0.3 is 0 Å². The smallest absolute Gasteiger partial charge is 0.227 e. The van der Waals surface area contributed by atoms with Crippen LogP contribution in [0, 0.1) is 5.92 Å². The number of amidine groups is 1. The second kappa shape index (κ2) is 27.0. The third kappa shape index (κ3) is 19.5. The Morgan fingerprint density at radius 1 is 0.667 bits per heavy atom. The maximum atomic E-state index is 13.1. The van der Waals surface area contributed by atoms with Crippen molar-refractivity contribution >= 4 is 18.0 Å². The molecule has 1 aliphatic rings. The first kappa shape index (κ1) is 35.8. The van der Waals surface area contributed by atoms with E-state index < -0.39 is 0 Å². The molecule has 0 saturated heterocycles. The van der Waals surface area contributed by atoms with Crippen LogP contribution in [0.5, 0.6) is 0 Å². The molecule has 4 nitrogen and oxygen atoms in total. The highest BCUT2D eigenvalue weighted by molar-refractivity contribution is 6.00. The summed E-state index contributed by atoms with van der Waals surface area (Å²) in [6, 6.07) is 0. The van der Waals surface area contributed by atoms with Crippen LogP contribution >= 0.6 is 0 Å². The average molecular weight is 547 g/mol. The van der Waals surface area contributed by atoms with Crippen molar-refractivity contribution in [2.75, 3.05) is 13.1 Å². The molecule has 0 spiro atoms. The summed E-state index contributed by atoms with van der Waals surface area (Å²) >= 11 is 0. The van der Waals surface area contributed by atoms with Crippen molar-refractivity contribution < 1.29 is 9.59 Å². The first-order valence-corrected chi connectivity index (χ1v) is 17.5. The largest absolute Gasteiger partial charge is 0.303 e. The zero-order chi connectivity index (χ0) is 28.2. The summed E-state index contributed by atoms with van der Waals surface area (Å²) in [6.07, 6.45) is 34.7. The molecule has 0 aliphatic carbocycles. The van der Waals surface area contributed by atoms with Crippen LogP contribution < -0.4 is 0 Å². The van der Waals surface area contributed by atoms with Crippen molar-refractivity contribution in [2.24, 2.45) is 10.9 Å². The van der Waals surface area contributed by atoms with Gasteiger partial charge in [-0.1, -0.05) is 155 Å². The molecule has 0 aromatic rings. The molecule has 0 saturated carbocycles. The predicted octanol–water partition coefficient (Wildman–Crippen LogP) is 10.6. The van der Waals surface area contributed by atoms with E-state index in [1.165, 1.54) is 135 Å². The molecule has 0 radical (unpaired) electrons. The molecule has 1 atom stereocenters. The molecule has 1 heterocycles. The summed E-state index contributed by atoms with van der Waals surface area (Å²) in [4.78, 5) is 30.9. The molecule has 0 bridgehead atoms. The van der Waals surface area contributed by atoms with Crippen LogP contribution in [0.25, 0.3) is 0 Å². The third-order valence-electron chi connectivity index (χ3n) is 8.57. The van der Waals surface area contributed by atoms with Crippen molar-refractivity contribution in [2.45, 2.75) is 187 Å². The monoisotopic (exact) mass is 547 g/mol. The number of rotatable bonds is 29. The van der Waals surface area contributed by atoms with Crippen molar-refractivity contribution in [3.63, 3.8) is 0 Å². The van der Waals surface area contributed by atoms with E-state index in [-0.39, 0.29) is 11.8 Å². The molecule has 1 unspecified atom stereocenters. The summed E-state index contributed by atoms with van der Waals surface area (Å²) in [5, 5.41) is 0. The number of hydrogen-bond donors (Lipinski definition) is 0. The van der Waals surface area contributed by atoms with Gasteiger partial charge in [0.05, 0.1) is 6.54 Å². The molecule has 1 rings (SSSR count). The number of carbonyl (C=O) groups is 2. The minimum Gasteiger partial charge on any atom is -0.303 e. The average Bonchev–Trinajstić information content (AvgIpc) is 3.44. The second-order valence-corrected chi connectivity index (χ2v) is 12.2. The lowest BCUT2D eigenvalue weighted by atomic mass is 9.93. The van der Waals surface area contributed by atoms with E-state index in [4.69, 9.17) is 4.99 Å². The topological polar surface area (TPSA) is 49.7 Å². The van der Waals surface area contributed by atoms with Crippen molar-refractivity contribution in [1.82, 2.24) is 4.90 Å². The molecular formula is C35H66N2O2. The van der Waals surface area contributed by atoms with Gasteiger partial charge in [-0.2, -0.15) is 0 Å². The number of amides is 1. The Kier molecular flexibility index (Phi) is 24.8. The molecule has 1 amide bonds. The first-order valence-electron chi connectivity index (χ1n) is 17.5. The van der Waals surface area contributed by atoms with E-state index in [2.05, 4.69) is 13.8 Å². The van der Waals surface area contributed by atoms with Crippen LogP contribution in [0.3, 0.4) is 0 Å². The summed E-state index contributed by atoms with van der Waals surface area (Å²) in [6.45, 7) is 6.02. The van der Waals surface area contributed by atoms with Gasteiger partial charge < -0.3 is 4.79 Å². The van der Waals surface area contributed by atoms with E-state index in [1.54, 1.807) is 0 Å². The number of carbonyl (C=O) groups excluding carboxylic acids is 2. The Labute approximate surface area is 243 Å². The van der Waals surface area contributed by atoms with Crippen molar-refractivity contribution in [3.8, 4) is 0 Å². The zero-order valence-electron chi connectivity index (χ0n) is 26.4. The summed E-state index contributed by atoms with van der Waals surface area (Å²) in [5.74, 6) is 1.52. The minimum absolute atomic E-state index is 0.258. The predicted molar refractivity (Wildman–Crippen MR) is 170 cm³/mol. The number of aliphatic imine (C=N–C) groups is 1. The number of hydrogen-bond acceptors (Lipinski definition) is 3. The lowest BCUT2D eigenvalue weighted by molar-refractivity contribution is -0.127. The Hall–Kier alpha value is -1.19. The number of aldehydes is 1. The van der Waals surface area contributed by atoms with Crippen LogP contribution in [-0.2, 0) is 9.59 Å². The van der Waals surface area contributed by atoms with Crippen LogP contribution in [0.15, 0.2) is 4.99 Å². The highest BCUT2D eigenvalue weighted by Crippen LogP contribution is 2.24. The fourth-order valence-electron chi connectivity index (χ4n) is 6.05. The first-order chi connectivity index (χ1) is 19.2. The van der Waals surface area contributed by atoms with Gasteiger partial charge in [0.1, 0.15) is 12.1 Å². The van der Waals surface area contributed by atoms with Crippen LogP contribution in [0.1, 0.15) is 187 Å². The van der Waals surface area contributed by atoms with Gasteiger partial charge in [-0.05, 0) is 19.3 Å². The van der Waals surface area contributed by atoms with E-state index in [9.17, 15) is 9.59 Å². The maximum Gasteiger partial charge on any atom is 0.227 e. The van der Waals surface area contributed by atoms with E-state index in [0.717, 1.165) is 50.9 Å². The molecule has 39 heavy (non-hydrogen) atoms. The Bertz CT molecular complexity index is 603. The maximum absolute atomic E-state index is 13.1. The molecular weight excluding hydrogens is 480 g/mol. The molecule has 0 N–H and O–H groups in total. The highest BCUT2D eigenvalue weighted by Gasteiger charge is 2.29. The highest BCUT2D eigenvalue weighted by atomic mass is 16.2. The SMILES string of the molecule is CCCCCCCCCCCCCCCC(=O)N1CCN=C1C(CCC=O)CCCCCCCCCCCC. The summed E-state index contributed by atoms with van der Waals surface area (Å²) in [5.41, 5.74) is 0. The number of nitrogens with zero attached hydrogens (tertiary/aromatic N) is 2. The van der Waals surface area contributed by atoms with Crippen LogP contribution in [0.4, 0.5) is 0 Å². The van der Waals surface area contributed by atoms with E-state index >= 15 is 0 Å². The Balaban J connectivity index is 2.18. The second-order valence-electron chi connectivity index (χ2n) is 12.2. The lowest BCUT2D eigenvalue weighted by Gasteiger charge is -2.25. The molecule has 0 aromatic carbocycles. The van der Waals surface area contributed by atoms with Gasteiger partial charge in [0.2, 0.25) is 5.91 Å². The van der Waals surface area contributed by atoms with Gasteiger partial charge in [0.15, 0.2) is 0 Å². The van der Waals surface area contributed by atoms with Gasteiger partial charge in [-0.15, -0.1) is 0 Å². The van der Waals surface area contributed by atoms with Crippen LogP contribution in [-0.4, -0.2) is 36.0 Å². The molecule has 4 heteroatoms. The van der Waals surface area contributed by atoms with Gasteiger partial charge in [-0.25, -0.2) is 0 Å². The van der Waals surface area contributed by atoms with Gasteiger partial charge in [0, 0.05) is 25.3 Å². The Morgan fingerprint density at radius 3 is 1.56 bits per heavy atom. The summed E-state index contributed by atoms with van der Waals surface area (Å²) < 4.78 is 0. The quantitative estimate of drug-likeness (QED) is 0.0692. The van der Waals surface area contributed by atoms with E-state index in [1.807, 2.05) is 4.90 Å². The van der Waals surface area contributed by atoms with Crippen molar-refractivity contribution in [3.05, 3.63) is 0 Å². The normalized spacial score (nSPS) is 14.1. The van der Waals surface area contributed by atoms with Gasteiger partial charge in [-0.3, -0.25) is 14.7 Å². The molecule has 0 fully saturated rings. The van der Waals surface area contributed by atoms with Crippen molar-refractivity contribution in [1.29, 1.82) is 0 Å². The zero-order valence-corrected chi connectivity index (χ0v) is 26.4. The van der Waals surface area contributed by atoms with Crippen LogP contribution in [0.2, 0.25) is 0 Å². The third-order valence-corrected chi connectivity index (χ3v) is 8.57. The standard InChI is InChI=1S/C35H66N2O2/c1-3-5-7-9-11-13-15-16-17-19-21-23-25-29-34(39)37-31-30-36-35(37)33(28-26-32-38)27-24-22-20-18-14-12-10-8-6-4-2/h32-33H,3-31H2,1-2H3. The number of unbranched alkanes of at least 4 members (excludes halogenated alkanes) is 21. The van der Waals surface area contributed by atoms with Gasteiger partial charge in [0.25, 0.3) is 0 Å². The summed E-state index contributed by atoms with van der Waals surface area (Å²) in [7, 11) is 0. The minimum atomic E-state index is 0.258. The fourth-order valence-corrected chi connectivity index (χ4v) is 6.05. The molecule has 228 valence electrons. The lowest BCUT2D eigenvalue weighted by Crippen LogP contribution is -2.38. The molecule has 1 aliphatic heterocycles. The van der Waals surface area contributed by atoms with E-state index in [0.29, 0.717) is 12.8 Å². The fraction of sp³-hybridized carbons (Fsp3) is 0.914. The Morgan fingerprint density at radius 2 is 1.10 bits per heavy atom.